The molecule has 16 heavy (non-hydrogen) atoms. The molecular weight excluding hydrogens is 222 g/mol. The highest BCUT2D eigenvalue weighted by Crippen LogP contribution is 2.14. The van der Waals surface area contributed by atoms with Gasteiger partial charge in [0.15, 0.2) is 5.13 Å². The fourth-order valence-electron chi connectivity index (χ4n) is 1.36. The van der Waals surface area contributed by atoms with Crippen molar-refractivity contribution in [3.63, 3.8) is 0 Å². The van der Waals surface area contributed by atoms with E-state index < -0.39 is 0 Å². The first-order valence-corrected chi connectivity index (χ1v) is 6.10. The van der Waals surface area contributed by atoms with Crippen LogP contribution in [-0.2, 0) is 13.1 Å². The van der Waals surface area contributed by atoms with Gasteiger partial charge in [0.25, 0.3) is 0 Å². The van der Waals surface area contributed by atoms with Crippen LogP contribution in [0.25, 0.3) is 0 Å². The van der Waals surface area contributed by atoms with Gasteiger partial charge in [-0.05, 0) is 6.42 Å². The molecule has 0 aliphatic rings. The average molecular weight is 237 g/mol. The summed E-state index contributed by atoms with van der Waals surface area (Å²) in [5, 5.41) is 6.21. The van der Waals surface area contributed by atoms with E-state index in [1.54, 1.807) is 17.5 Å². The summed E-state index contributed by atoms with van der Waals surface area (Å²) >= 11 is 1.60. The summed E-state index contributed by atoms with van der Waals surface area (Å²) in [7, 11) is 0. The van der Waals surface area contributed by atoms with E-state index in [1.165, 1.54) is 0 Å². The number of nitrogens with zero attached hydrogens (tertiary/aromatic N) is 3. The Balaban J connectivity index is 1.68. The number of anilines is 1. The number of nitrogens with two attached hydrogens (primary N) is 1. The van der Waals surface area contributed by atoms with Crippen LogP contribution in [0.15, 0.2) is 24.1 Å². The predicted molar refractivity (Wildman–Crippen MR) is 65.3 cm³/mol. The fraction of sp³-hybridized carbons (Fsp3) is 0.400. The van der Waals surface area contributed by atoms with Gasteiger partial charge in [0, 0.05) is 37.4 Å². The highest BCUT2D eigenvalue weighted by Gasteiger charge is 1.98. The molecule has 2 heterocycles. The van der Waals surface area contributed by atoms with Gasteiger partial charge in [-0.3, -0.25) is 0 Å². The lowest BCUT2D eigenvalue weighted by Crippen LogP contribution is -2.06. The van der Waals surface area contributed by atoms with E-state index in [0.29, 0.717) is 6.54 Å². The molecule has 0 amide bonds. The number of rotatable bonds is 6. The molecule has 0 bridgehead atoms. The van der Waals surface area contributed by atoms with Gasteiger partial charge < -0.3 is 15.6 Å². The lowest BCUT2D eigenvalue weighted by molar-refractivity contribution is 0.660. The smallest absolute Gasteiger partial charge is 0.182 e. The van der Waals surface area contributed by atoms with Crippen LogP contribution >= 0.6 is 11.3 Å². The van der Waals surface area contributed by atoms with Crippen LogP contribution in [0.2, 0.25) is 0 Å². The van der Waals surface area contributed by atoms with Crippen molar-refractivity contribution in [2.45, 2.75) is 19.5 Å². The number of imidazole rings is 1. The average Bonchev–Trinajstić information content (AvgIpc) is 2.95. The first kappa shape index (κ1) is 11.1. The molecule has 5 nitrogen and oxygen atoms in total. The Bertz CT molecular complexity index is 409. The van der Waals surface area contributed by atoms with E-state index in [-0.39, 0.29) is 0 Å². The Hall–Kier alpha value is -1.40. The summed E-state index contributed by atoms with van der Waals surface area (Å²) in [6, 6.07) is 0. The molecule has 0 spiro atoms. The van der Waals surface area contributed by atoms with Crippen LogP contribution in [0.4, 0.5) is 5.13 Å². The van der Waals surface area contributed by atoms with E-state index >= 15 is 0 Å². The number of nitrogens with one attached hydrogen (secondary N) is 1. The van der Waals surface area contributed by atoms with Crippen LogP contribution in [-0.4, -0.2) is 21.1 Å². The summed E-state index contributed by atoms with van der Waals surface area (Å²) in [6.45, 7) is 2.39. The zero-order valence-corrected chi connectivity index (χ0v) is 9.78. The quantitative estimate of drug-likeness (QED) is 0.743. The largest absolute Gasteiger partial charge is 0.361 e. The second-order valence-corrected chi connectivity index (χ2v) is 4.29. The van der Waals surface area contributed by atoms with Crippen LogP contribution in [0.1, 0.15) is 12.1 Å². The molecule has 0 aromatic carbocycles. The van der Waals surface area contributed by atoms with E-state index in [4.69, 9.17) is 5.73 Å². The van der Waals surface area contributed by atoms with Gasteiger partial charge in [0.1, 0.15) is 0 Å². The predicted octanol–water partition coefficient (Wildman–Crippen LogP) is 1.30. The molecule has 6 heteroatoms. The monoisotopic (exact) mass is 237 g/mol. The van der Waals surface area contributed by atoms with Crippen molar-refractivity contribution in [1.82, 2.24) is 14.5 Å². The molecule has 3 N–H and O–H groups in total. The van der Waals surface area contributed by atoms with Crippen LogP contribution in [0, 0.1) is 0 Å². The van der Waals surface area contributed by atoms with Crippen LogP contribution < -0.4 is 11.1 Å². The third-order valence-electron chi connectivity index (χ3n) is 2.19. The molecule has 0 fully saturated rings. The second-order valence-electron chi connectivity index (χ2n) is 3.43. The van der Waals surface area contributed by atoms with Crippen molar-refractivity contribution < 1.29 is 0 Å². The highest BCUT2D eigenvalue weighted by atomic mass is 32.1. The minimum absolute atomic E-state index is 0.507. The topological polar surface area (TPSA) is 68.8 Å². The minimum atomic E-state index is 0.507. The van der Waals surface area contributed by atoms with Crippen molar-refractivity contribution in [3.05, 3.63) is 29.8 Å². The maximum absolute atomic E-state index is 5.49. The molecule has 0 aliphatic carbocycles. The third kappa shape index (κ3) is 3.04. The molecule has 2 rings (SSSR count). The van der Waals surface area contributed by atoms with Crippen molar-refractivity contribution in [3.8, 4) is 0 Å². The van der Waals surface area contributed by atoms with Gasteiger partial charge in [-0.15, -0.1) is 11.3 Å². The van der Waals surface area contributed by atoms with Gasteiger partial charge in [-0.25, -0.2) is 9.97 Å². The molecule has 0 unspecified atom stereocenters. The number of hydrogen-bond acceptors (Lipinski definition) is 5. The van der Waals surface area contributed by atoms with E-state index in [9.17, 15) is 0 Å². The van der Waals surface area contributed by atoms with Crippen molar-refractivity contribution >= 4 is 16.5 Å². The van der Waals surface area contributed by atoms with Crippen LogP contribution in [0.5, 0.6) is 0 Å². The molecule has 0 aliphatic heterocycles. The molecule has 0 atom stereocenters. The van der Waals surface area contributed by atoms with Gasteiger partial charge in [0.05, 0.1) is 12.0 Å². The first-order chi connectivity index (χ1) is 7.88. The second kappa shape index (κ2) is 5.62. The SMILES string of the molecule is NCc1csc(NCCCn2ccnc2)n1. The first-order valence-electron chi connectivity index (χ1n) is 5.22. The fourth-order valence-corrected chi connectivity index (χ4v) is 2.11. The summed E-state index contributed by atoms with van der Waals surface area (Å²) in [5.41, 5.74) is 6.43. The number of hydrogen-bond donors (Lipinski definition) is 2. The Morgan fingerprint density at radius 1 is 1.50 bits per heavy atom. The third-order valence-corrected chi connectivity index (χ3v) is 3.04. The number of aryl methyl sites for hydroxylation is 1. The van der Waals surface area contributed by atoms with E-state index in [1.807, 2.05) is 17.9 Å². The van der Waals surface area contributed by atoms with Gasteiger partial charge in [-0.1, -0.05) is 0 Å². The van der Waals surface area contributed by atoms with Crippen molar-refractivity contribution in [2.75, 3.05) is 11.9 Å². The molecule has 0 saturated heterocycles. The van der Waals surface area contributed by atoms with Crippen molar-refractivity contribution in [2.24, 2.45) is 5.73 Å². The maximum atomic E-state index is 5.49. The summed E-state index contributed by atoms with van der Waals surface area (Å²) in [4.78, 5) is 8.32. The molecule has 2 aromatic heterocycles. The Morgan fingerprint density at radius 2 is 2.44 bits per heavy atom. The lowest BCUT2D eigenvalue weighted by atomic mass is 10.4. The Labute approximate surface area is 98.3 Å². The minimum Gasteiger partial charge on any atom is -0.361 e. The molecule has 2 aromatic rings. The molecule has 0 radical (unpaired) electrons. The molecular formula is C10H15N5S. The van der Waals surface area contributed by atoms with Crippen LogP contribution in [0.3, 0.4) is 0 Å². The van der Waals surface area contributed by atoms with Gasteiger partial charge in [0.2, 0.25) is 0 Å². The normalized spacial score (nSPS) is 10.6. The van der Waals surface area contributed by atoms with E-state index in [2.05, 4.69) is 19.9 Å². The maximum Gasteiger partial charge on any atom is 0.182 e. The van der Waals surface area contributed by atoms with E-state index in [0.717, 1.165) is 30.3 Å². The molecule has 86 valence electrons. The van der Waals surface area contributed by atoms with Gasteiger partial charge in [-0.2, -0.15) is 0 Å². The zero-order chi connectivity index (χ0) is 11.2. The highest BCUT2D eigenvalue weighted by molar-refractivity contribution is 7.13. The van der Waals surface area contributed by atoms with Crippen molar-refractivity contribution in [1.29, 1.82) is 0 Å². The summed E-state index contributed by atoms with van der Waals surface area (Å²) in [5.74, 6) is 0. The van der Waals surface area contributed by atoms with Gasteiger partial charge >= 0.3 is 0 Å². The molecule has 0 saturated carbocycles. The summed E-state index contributed by atoms with van der Waals surface area (Å²) < 4.78 is 2.06. The number of aromatic nitrogens is 3. The summed E-state index contributed by atoms with van der Waals surface area (Å²) in [6.07, 6.45) is 6.64. The standard InChI is InChI=1S/C10H15N5S/c11-6-9-7-16-10(14-9)13-2-1-4-15-5-3-12-8-15/h3,5,7-8H,1-2,4,6,11H2,(H,13,14). The lowest BCUT2D eigenvalue weighted by Gasteiger charge is -2.03. The zero-order valence-electron chi connectivity index (χ0n) is 8.97. The number of thiazole rings is 1. The Kier molecular flexibility index (Phi) is 3.90. The Morgan fingerprint density at radius 3 is 3.12 bits per heavy atom.